The van der Waals surface area contributed by atoms with Crippen molar-refractivity contribution in [3.63, 3.8) is 0 Å². The number of imide groups is 1. The Morgan fingerprint density at radius 1 is 1.19 bits per heavy atom. The number of amides is 2. The van der Waals surface area contributed by atoms with E-state index in [0.717, 1.165) is 30.7 Å². The number of hydrogen-bond acceptors (Lipinski definition) is 5. The quantitative estimate of drug-likeness (QED) is 0.867. The summed E-state index contributed by atoms with van der Waals surface area (Å²) in [6.45, 7) is 0. The molecule has 0 bridgehead atoms. The Hall–Kier alpha value is -1.56. The molecule has 2 aliphatic rings. The van der Waals surface area contributed by atoms with Gasteiger partial charge in [0, 0.05) is 12.5 Å². The molecule has 2 heterocycles. The van der Waals surface area contributed by atoms with E-state index in [1.807, 2.05) is 0 Å². The van der Waals surface area contributed by atoms with E-state index < -0.39 is 0 Å². The van der Waals surface area contributed by atoms with E-state index in [0.29, 0.717) is 5.69 Å². The van der Waals surface area contributed by atoms with E-state index in [-0.39, 0.29) is 29.5 Å². The number of thioether (sulfide) groups is 1. The van der Waals surface area contributed by atoms with Gasteiger partial charge in [0.25, 0.3) is 0 Å². The van der Waals surface area contributed by atoms with Crippen LogP contribution in [0.25, 0.3) is 0 Å². The first-order valence-corrected chi connectivity index (χ1v) is 8.27. The molecule has 3 rings (SSSR count). The zero-order valence-corrected chi connectivity index (χ0v) is 12.6. The van der Waals surface area contributed by atoms with Crippen LogP contribution in [0.3, 0.4) is 0 Å². The third-order valence-electron chi connectivity index (χ3n) is 4.10. The summed E-state index contributed by atoms with van der Waals surface area (Å²) >= 11 is 1.36. The fraction of sp³-hybridized carbons (Fsp3) is 0.533. The average Bonchev–Trinajstić information content (AvgIpc) is 2.77. The standard InChI is InChI=1S/C15H19N3O2S/c16-10-6-7-13(17-9-10)21-12-8-14(19)18(15(12)20)11-4-2-1-3-5-11/h6-7,9,11-12H,1-5,8,16H2. The first-order valence-electron chi connectivity index (χ1n) is 7.39. The average molecular weight is 305 g/mol. The van der Waals surface area contributed by atoms with E-state index in [2.05, 4.69) is 4.98 Å². The predicted octanol–water partition coefficient (Wildman–Crippen LogP) is 2.22. The van der Waals surface area contributed by atoms with Gasteiger partial charge >= 0.3 is 0 Å². The van der Waals surface area contributed by atoms with E-state index in [1.54, 1.807) is 18.3 Å². The molecule has 1 aromatic rings. The monoisotopic (exact) mass is 305 g/mol. The van der Waals surface area contributed by atoms with Crippen LogP contribution in [0.15, 0.2) is 23.4 Å². The summed E-state index contributed by atoms with van der Waals surface area (Å²) in [5, 5.41) is 0.399. The molecule has 1 atom stereocenters. The zero-order valence-electron chi connectivity index (χ0n) is 11.8. The molecule has 112 valence electrons. The van der Waals surface area contributed by atoms with Gasteiger partial charge in [0.15, 0.2) is 0 Å². The highest BCUT2D eigenvalue weighted by Gasteiger charge is 2.43. The minimum atomic E-state index is -0.337. The second kappa shape index (κ2) is 6.05. The summed E-state index contributed by atoms with van der Waals surface area (Å²) in [6.07, 6.45) is 7.19. The highest BCUT2D eigenvalue weighted by Crippen LogP contribution is 2.34. The van der Waals surface area contributed by atoms with Gasteiger partial charge in [0.05, 0.1) is 22.2 Å². The number of carbonyl (C=O) groups is 2. The molecule has 0 aromatic carbocycles. The van der Waals surface area contributed by atoms with Crippen molar-refractivity contribution in [2.75, 3.05) is 5.73 Å². The van der Waals surface area contributed by atoms with Crippen molar-refractivity contribution in [1.82, 2.24) is 9.88 Å². The Kier molecular flexibility index (Phi) is 4.14. The third kappa shape index (κ3) is 3.05. The molecule has 1 aliphatic carbocycles. The fourth-order valence-corrected chi connectivity index (χ4v) is 4.04. The number of nitrogens with two attached hydrogens (primary N) is 1. The summed E-state index contributed by atoms with van der Waals surface area (Å²) < 4.78 is 0. The lowest BCUT2D eigenvalue weighted by molar-refractivity contribution is -0.141. The first kappa shape index (κ1) is 14.4. The number of carbonyl (C=O) groups excluding carboxylic acids is 2. The van der Waals surface area contributed by atoms with Gasteiger partial charge in [0.2, 0.25) is 11.8 Å². The first-order chi connectivity index (χ1) is 10.1. The largest absolute Gasteiger partial charge is 0.397 e. The Labute approximate surface area is 128 Å². The second-order valence-electron chi connectivity index (χ2n) is 5.63. The van der Waals surface area contributed by atoms with E-state index in [4.69, 9.17) is 5.73 Å². The maximum absolute atomic E-state index is 12.5. The number of nitrogens with zero attached hydrogens (tertiary/aromatic N) is 2. The smallest absolute Gasteiger partial charge is 0.243 e. The maximum Gasteiger partial charge on any atom is 0.243 e. The molecule has 21 heavy (non-hydrogen) atoms. The SMILES string of the molecule is Nc1ccc(SC2CC(=O)N(C3CCCCC3)C2=O)nc1. The van der Waals surface area contributed by atoms with Crippen LogP contribution in [0, 0.1) is 0 Å². The number of aromatic nitrogens is 1. The highest BCUT2D eigenvalue weighted by atomic mass is 32.2. The lowest BCUT2D eigenvalue weighted by Gasteiger charge is -2.29. The molecule has 6 heteroatoms. The molecule has 0 radical (unpaired) electrons. The predicted molar refractivity (Wildman–Crippen MR) is 81.6 cm³/mol. The summed E-state index contributed by atoms with van der Waals surface area (Å²) in [7, 11) is 0. The van der Waals surface area contributed by atoms with Crippen LogP contribution in [0.5, 0.6) is 0 Å². The maximum atomic E-state index is 12.5. The lowest BCUT2D eigenvalue weighted by atomic mass is 9.94. The Morgan fingerprint density at radius 3 is 2.62 bits per heavy atom. The molecule has 0 spiro atoms. The summed E-state index contributed by atoms with van der Waals surface area (Å²) in [4.78, 5) is 30.4. The summed E-state index contributed by atoms with van der Waals surface area (Å²) in [5.74, 6) is -0.0737. The van der Waals surface area contributed by atoms with Gasteiger partial charge in [-0.15, -0.1) is 0 Å². The lowest BCUT2D eigenvalue weighted by Crippen LogP contribution is -2.41. The van der Waals surface area contributed by atoms with E-state index in [9.17, 15) is 9.59 Å². The van der Waals surface area contributed by atoms with Gasteiger partial charge < -0.3 is 5.73 Å². The minimum Gasteiger partial charge on any atom is -0.397 e. The number of nitrogen functional groups attached to an aromatic ring is 1. The molecule has 1 unspecified atom stereocenters. The number of likely N-dealkylation sites (tertiary alicyclic amines) is 1. The van der Waals surface area contributed by atoms with Crippen LogP contribution in [0.1, 0.15) is 38.5 Å². The van der Waals surface area contributed by atoms with Crippen molar-refractivity contribution in [2.45, 2.75) is 54.8 Å². The molecule has 1 aromatic heterocycles. The van der Waals surface area contributed by atoms with Crippen molar-refractivity contribution >= 4 is 29.3 Å². The Bertz CT molecular complexity index is 540. The van der Waals surface area contributed by atoms with Gasteiger partial charge in [-0.1, -0.05) is 31.0 Å². The molecule has 1 saturated heterocycles. The van der Waals surface area contributed by atoms with Gasteiger partial charge in [-0.2, -0.15) is 0 Å². The molecule has 5 nitrogen and oxygen atoms in total. The van der Waals surface area contributed by atoms with Gasteiger partial charge in [0.1, 0.15) is 0 Å². The summed E-state index contributed by atoms with van der Waals surface area (Å²) in [5.41, 5.74) is 6.20. The highest BCUT2D eigenvalue weighted by molar-refractivity contribution is 8.00. The minimum absolute atomic E-state index is 0.0279. The zero-order chi connectivity index (χ0) is 14.8. The Balaban J connectivity index is 1.69. The van der Waals surface area contributed by atoms with Crippen molar-refractivity contribution in [1.29, 1.82) is 0 Å². The molecule has 2 N–H and O–H groups in total. The van der Waals surface area contributed by atoms with Crippen molar-refractivity contribution in [3.05, 3.63) is 18.3 Å². The van der Waals surface area contributed by atoms with E-state index in [1.165, 1.54) is 23.1 Å². The molecule has 2 amide bonds. The molecule has 1 saturated carbocycles. The van der Waals surface area contributed by atoms with Crippen molar-refractivity contribution in [2.24, 2.45) is 0 Å². The fourth-order valence-electron chi connectivity index (χ4n) is 3.04. The molecular weight excluding hydrogens is 286 g/mol. The molecule has 2 fully saturated rings. The number of rotatable bonds is 3. The second-order valence-corrected chi connectivity index (χ2v) is 6.86. The van der Waals surface area contributed by atoms with Crippen molar-refractivity contribution in [3.8, 4) is 0 Å². The molecule has 1 aliphatic heterocycles. The van der Waals surface area contributed by atoms with Crippen LogP contribution in [0.2, 0.25) is 0 Å². The van der Waals surface area contributed by atoms with Crippen LogP contribution in [-0.2, 0) is 9.59 Å². The normalized spacial score (nSPS) is 23.8. The topological polar surface area (TPSA) is 76.3 Å². The number of hydrogen-bond donors (Lipinski definition) is 1. The van der Waals surface area contributed by atoms with Gasteiger partial charge in [-0.25, -0.2) is 4.98 Å². The van der Waals surface area contributed by atoms with Crippen LogP contribution in [-0.4, -0.2) is 33.0 Å². The van der Waals surface area contributed by atoms with Crippen LogP contribution >= 0.6 is 11.8 Å². The van der Waals surface area contributed by atoms with E-state index >= 15 is 0 Å². The summed E-state index contributed by atoms with van der Waals surface area (Å²) in [6, 6.07) is 3.67. The number of pyridine rings is 1. The van der Waals surface area contributed by atoms with Crippen molar-refractivity contribution < 1.29 is 9.59 Å². The van der Waals surface area contributed by atoms with Crippen LogP contribution in [0.4, 0.5) is 5.69 Å². The van der Waals surface area contributed by atoms with Gasteiger partial charge in [-0.05, 0) is 25.0 Å². The Morgan fingerprint density at radius 2 is 1.95 bits per heavy atom. The van der Waals surface area contributed by atoms with Gasteiger partial charge in [-0.3, -0.25) is 14.5 Å². The van der Waals surface area contributed by atoms with Crippen LogP contribution < -0.4 is 5.73 Å². The third-order valence-corrected chi connectivity index (χ3v) is 5.24. The molecular formula is C15H19N3O2S. The number of anilines is 1.